The second kappa shape index (κ2) is 6.06. The molecule has 1 N–H and O–H groups in total. The molecule has 1 heterocycles. The molecule has 1 aliphatic heterocycles. The molecule has 1 fully saturated rings. The molecule has 3 nitrogen and oxygen atoms in total. The maximum Gasteiger partial charge on any atom is 0.387 e. The summed E-state index contributed by atoms with van der Waals surface area (Å²) in [5.41, 5.74) is 0.790. The lowest BCUT2D eigenvalue weighted by Crippen LogP contribution is -2.58. The van der Waals surface area contributed by atoms with Crippen LogP contribution in [0.25, 0.3) is 0 Å². The lowest BCUT2D eigenvalue weighted by molar-refractivity contribution is -0.0518. The van der Waals surface area contributed by atoms with Crippen LogP contribution in [0.15, 0.2) is 24.3 Å². The fourth-order valence-electron chi connectivity index (χ4n) is 2.91. The van der Waals surface area contributed by atoms with Crippen molar-refractivity contribution in [3.8, 4) is 5.75 Å². The summed E-state index contributed by atoms with van der Waals surface area (Å²) in [4.78, 5) is 2.33. The Bertz CT molecular complexity index is 451. The van der Waals surface area contributed by atoms with Crippen molar-refractivity contribution in [2.75, 3.05) is 19.6 Å². The Kier molecular flexibility index (Phi) is 4.60. The fraction of sp³-hybridized carbons (Fsp3) is 0.600. The first kappa shape index (κ1) is 15.2. The first-order valence-electron chi connectivity index (χ1n) is 6.93. The van der Waals surface area contributed by atoms with E-state index in [1.54, 1.807) is 12.1 Å². The SMILES string of the molecule is CC(c1ccccc1OC(F)F)N1CCNCC1(C)C. The summed E-state index contributed by atoms with van der Waals surface area (Å²) in [5.74, 6) is 0.268. The number of para-hydroxylation sites is 1. The molecule has 1 aromatic carbocycles. The predicted molar refractivity (Wildman–Crippen MR) is 75.1 cm³/mol. The number of nitrogens with one attached hydrogen (secondary N) is 1. The molecule has 0 bridgehead atoms. The Labute approximate surface area is 118 Å². The summed E-state index contributed by atoms with van der Waals surface area (Å²) in [6.45, 7) is 6.25. The van der Waals surface area contributed by atoms with E-state index in [0.29, 0.717) is 0 Å². The number of hydrogen-bond donors (Lipinski definition) is 1. The van der Waals surface area contributed by atoms with Crippen LogP contribution < -0.4 is 10.1 Å². The van der Waals surface area contributed by atoms with Gasteiger partial charge in [-0.15, -0.1) is 0 Å². The second-order valence-corrected chi connectivity index (χ2v) is 5.77. The highest BCUT2D eigenvalue weighted by molar-refractivity contribution is 5.36. The standard InChI is InChI=1S/C15H22F2N2O/c1-11(19-9-8-18-10-15(19,2)3)12-6-4-5-7-13(12)20-14(16)17/h4-7,11,14,18H,8-10H2,1-3H3. The molecule has 0 radical (unpaired) electrons. The van der Waals surface area contributed by atoms with Crippen LogP contribution in [-0.2, 0) is 0 Å². The normalized spacial score (nSPS) is 20.9. The van der Waals surface area contributed by atoms with Crippen LogP contribution in [0.1, 0.15) is 32.4 Å². The van der Waals surface area contributed by atoms with Crippen LogP contribution in [0.4, 0.5) is 8.78 Å². The summed E-state index contributed by atoms with van der Waals surface area (Å²) in [6, 6.07) is 7.08. The molecular formula is C15H22F2N2O. The zero-order chi connectivity index (χ0) is 14.8. The van der Waals surface area contributed by atoms with Gasteiger partial charge in [0, 0.05) is 36.8 Å². The molecular weight excluding hydrogens is 262 g/mol. The lowest BCUT2D eigenvalue weighted by Gasteiger charge is -2.46. The minimum Gasteiger partial charge on any atom is -0.434 e. The van der Waals surface area contributed by atoms with Gasteiger partial charge in [0.1, 0.15) is 5.75 Å². The van der Waals surface area contributed by atoms with Crippen LogP contribution >= 0.6 is 0 Å². The Hall–Kier alpha value is -1.20. The van der Waals surface area contributed by atoms with Crippen molar-refractivity contribution < 1.29 is 13.5 Å². The van der Waals surface area contributed by atoms with Gasteiger partial charge in [0.15, 0.2) is 0 Å². The molecule has 1 aliphatic rings. The highest BCUT2D eigenvalue weighted by Crippen LogP contribution is 2.34. The number of nitrogens with zero attached hydrogens (tertiary/aromatic N) is 1. The van der Waals surface area contributed by atoms with E-state index in [9.17, 15) is 8.78 Å². The van der Waals surface area contributed by atoms with Gasteiger partial charge in [-0.05, 0) is 26.8 Å². The monoisotopic (exact) mass is 284 g/mol. The van der Waals surface area contributed by atoms with Crippen molar-refractivity contribution in [1.29, 1.82) is 0 Å². The first-order chi connectivity index (χ1) is 9.42. The Balaban J connectivity index is 2.26. The zero-order valence-corrected chi connectivity index (χ0v) is 12.2. The predicted octanol–water partition coefficient (Wildman–Crippen LogP) is 3.03. The molecule has 1 aromatic rings. The number of piperazine rings is 1. The molecule has 0 aromatic heterocycles. The maximum absolute atomic E-state index is 12.5. The van der Waals surface area contributed by atoms with E-state index in [2.05, 4.69) is 28.8 Å². The van der Waals surface area contributed by atoms with Crippen LogP contribution in [0.2, 0.25) is 0 Å². The number of halogens is 2. The number of hydrogen-bond acceptors (Lipinski definition) is 3. The largest absolute Gasteiger partial charge is 0.434 e. The second-order valence-electron chi connectivity index (χ2n) is 5.77. The number of rotatable bonds is 4. The van der Waals surface area contributed by atoms with E-state index in [-0.39, 0.29) is 17.3 Å². The molecule has 1 saturated heterocycles. The number of benzene rings is 1. The van der Waals surface area contributed by atoms with Gasteiger partial charge >= 0.3 is 6.61 Å². The molecule has 112 valence electrons. The molecule has 0 saturated carbocycles. The zero-order valence-electron chi connectivity index (χ0n) is 12.2. The van der Waals surface area contributed by atoms with Gasteiger partial charge in [-0.1, -0.05) is 18.2 Å². The van der Waals surface area contributed by atoms with E-state index >= 15 is 0 Å². The smallest absolute Gasteiger partial charge is 0.387 e. The van der Waals surface area contributed by atoms with Crippen molar-refractivity contribution in [3.05, 3.63) is 29.8 Å². The van der Waals surface area contributed by atoms with E-state index in [4.69, 9.17) is 0 Å². The molecule has 1 unspecified atom stereocenters. The van der Waals surface area contributed by atoms with E-state index in [1.165, 1.54) is 0 Å². The first-order valence-corrected chi connectivity index (χ1v) is 6.93. The Morgan fingerprint density at radius 3 is 2.65 bits per heavy atom. The highest BCUT2D eigenvalue weighted by atomic mass is 19.3. The van der Waals surface area contributed by atoms with Crippen LogP contribution in [-0.4, -0.2) is 36.7 Å². The fourth-order valence-corrected chi connectivity index (χ4v) is 2.91. The maximum atomic E-state index is 12.5. The minimum absolute atomic E-state index is 0.0182. The van der Waals surface area contributed by atoms with Gasteiger partial charge in [0.05, 0.1) is 0 Å². The highest BCUT2D eigenvalue weighted by Gasteiger charge is 2.34. The molecule has 1 atom stereocenters. The van der Waals surface area contributed by atoms with Crippen LogP contribution in [0.5, 0.6) is 5.75 Å². The summed E-state index contributed by atoms with van der Waals surface area (Å²) in [6.07, 6.45) is 0. The third kappa shape index (κ3) is 3.27. The molecule has 5 heteroatoms. The minimum atomic E-state index is -2.79. The molecule has 2 rings (SSSR count). The molecule has 20 heavy (non-hydrogen) atoms. The van der Waals surface area contributed by atoms with Gasteiger partial charge in [-0.3, -0.25) is 4.90 Å². The third-order valence-corrected chi connectivity index (χ3v) is 3.92. The van der Waals surface area contributed by atoms with Crippen molar-refractivity contribution in [3.63, 3.8) is 0 Å². The molecule has 0 spiro atoms. The van der Waals surface area contributed by atoms with Crippen molar-refractivity contribution >= 4 is 0 Å². The average Bonchev–Trinajstić information content (AvgIpc) is 2.37. The molecule has 0 amide bonds. The van der Waals surface area contributed by atoms with E-state index in [0.717, 1.165) is 25.2 Å². The Morgan fingerprint density at radius 2 is 2.00 bits per heavy atom. The third-order valence-electron chi connectivity index (χ3n) is 3.92. The van der Waals surface area contributed by atoms with Gasteiger partial charge in [0.25, 0.3) is 0 Å². The van der Waals surface area contributed by atoms with Crippen molar-refractivity contribution in [2.45, 2.75) is 39.0 Å². The van der Waals surface area contributed by atoms with Gasteiger partial charge in [0.2, 0.25) is 0 Å². The average molecular weight is 284 g/mol. The summed E-state index contributed by atoms with van der Waals surface area (Å²) in [5, 5.41) is 3.37. The van der Waals surface area contributed by atoms with Crippen molar-refractivity contribution in [2.24, 2.45) is 0 Å². The quantitative estimate of drug-likeness (QED) is 0.919. The van der Waals surface area contributed by atoms with Gasteiger partial charge < -0.3 is 10.1 Å². The molecule has 0 aliphatic carbocycles. The summed E-state index contributed by atoms with van der Waals surface area (Å²) in [7, 11) is 0. The number of alkyl halides is 2. The van der Waals surface area contributed by atoms with E-state index < -0.39 is 6.61 Å². The van der Waals surface area contributed by atoms with Gasteiger partial charge in [-0.2, -0.15) is 8.78 Å². The summed E-state index contributed by atoms with van der Waals surface area (Å²) < 4.78 is 29.7. The topological polar surface area (TPSA) is 24.5 Å². The van der Waals surface area contributed by atoms with Crippen LogP contribution in [0, 0.1) is 0 Å². The van der Waals surface area contributed by atoms with Crippen LogP contribution in [0.3, 0.4) is 0 Å². The summed E-state index contributed by atoms with van der Waals surface area (Å²) >= 11 is 0. The number of ether oxygens (including phenoxy) is 1. The lowest BCUT2D eigenvalue weighted by atomic mass is 9.94. The Morgan fingerprint density at radius 1 is 1.30 bits per heavy atom. The van der Waals surface area contributed by atoms with E-state index in [1.807, 2.05) is 19.1 Å². The van der Waals surface area contributed by atoms with Crippen molar-refractivity contribution in [1.82, 2.24) is 10.2 Å². The van der Waals surface area contributed by atoms with Gasteiger partial charge in [-0.25, -0.2) is 0 Å².